The summed E-state index contributed by atoms with van der Waals surface area (Å²) in [5.74, 6) is -0.910. The molecule has 3 N–H and O–H groups in total. The molecule has 0 aliphatic carbocycles. The molecule has 120 valence electrons. The maximum atomic E-state index is 11.9. The smallest absolute Gasteiger partial charge is 0.312 e. The number of nitrogens with one attached hydrogen (secondary N) is 1. The van der Waals surface area contributed by atoms with Crippen LogP contribution < -0.4 is 5.43 Å². The van der Waals surface area contributed by atoms with Crippen molar-refractivity contribution >= 4 is 12.1 Å². The maximum absolute atomic E-state index is 11.9. The summed E-state index contributed by atoms with van der Waals surface area (Å²) in [6.07, 6.45) is 1.16. The molecule has 0 saturated heterocycles. The maximum Gasteiger partial charge on any atom is 0.312 e. The van der Waals surface area contributed by atoms with Crippen LogP contribution in [-0.4, -0.2) is 27.3 Å². The SMILES string of the molecule is O=C(N/N=C\c1nc(-c2ccccc2)oc1O)c1ccccc1O. The number of carbonyl (C=O) groups is 1. The zero-order valence-electron chi connectivity index (χ0n) is 12.4. The first-order valence-corrected chi connectivity index (χ1v) is 7.02. The Morgan fingerprint density at radius 3 is 2.54 bits per heavy atom. The molecule has 1 aromatic heterocycles. The van der Waals surface area contributed by atoms with Gasteiger partial charge in [-0.2, -0.15) is 5.10 Å². The lowest BCUT2D eigenvalue weighted by atomic mass is 10.2. The highest BCUT2D eigenvalue weighted by molar-refractivity contribution is 5.97. The molecular weight excluding hydrogens is 310 g/mol. The molecule has 0 spiro atoms. The number of amides is 1. The summed E-state index contributed by atoms with van der Waals surface area (Å²) in [6, 6.07) is 15.1. The Morgan fingerprint density at radius 1 is 1.08 bits per heavy atom. The van der Waals surface area contributed by atoms with Crippen LogP contribution in [0.15, 0.2) is 64.1 Å². The molecule has 0 bridgehead atoms. The van der Waals surface area contributed by atoms with Crippen LogP contribution in [-0.2, 0) is 0 Å². The van der Waals surface area contributed by atoms with Gasteiger partial charge < -0.3 is 14.6 Å². The van der Waals surface area contributed by atoms with Gasteiger partial charge in [-0.25, -0.2) is 10.4 Å². The van der Waals surface area contributed by atoms with Crippen LogP contribution in [0, 0.1) is 0 Å². The molecule has 0 aliphatic heterocycles. The van der Waals surface area contributed by atoms with Gasteiger partial charge in [0.2, 0.25) is 5.89 Å². The third-order valence-electron chi connectivity index (χ3n) is 3.16. The number of benzene rings is 2. The number of hydrogen-bond acceptors (Lipinski definition) is 6. The number of hydrazone groups is 1. The lowest BCUT2D eigenvalue weighted by Gasteiger charge is -2.01. The molecule has 24 heavy (non-hydrogen) atoms. The molecule has 0 saturated carbocycles. The van der Waals surface area contributed by atoms with Crippen LogP contribution in [0.1, 0.15) is 16.1 Å². The van der Waals surface area contributed by atoms with Crippen molar-refractivity contribution in [3.8, 4) is 23.1 Å². The minimum atomic E-state index is -0.587. The number of carbonyl (C=O) groups excluding carboxylic acids is 1. The normalized spacial score (nSPS) is 10.8. The molecule has 1 amide bonds. The minimum Gasteiger partial charge on any atom is -0.507 e. The highest BCUT2D eigenvalue weighted by atomic mass is 16.5. The predicted octanol–water partition coefficient (Wildman–Crippen LogP) is 2.52. The van der Waals surface area contributed by atoms with E-state index in [1.54, 1.807) is 24.3 Å². The quantitative estimate of drug-likeness (QED) is 0.505. The second kappa shape index (κ2) is 6.66. The number of rotatable bonds is 4. The first-order valence-electron chi connectivity index (χ1n) is 7.02. The highest BCUT2D eigenvalue weighted by Gasteiger charge is 2.13. The third-order valence-corrected chi connectivity index (χ3v) is 3.16. The number of nitrogens with zero attached hydrogens (tertiary/aromatic N) is 2. The number of aromatic nitrogens is 1. The van der Waals surface area contributed by atoms with Crippen LogP contribution in [0.2, 0.25) is 0 Å². The third kappa shape index (κ3) is 3.25. The van der Waals surface area contributed by atoms with Crippen molar-refractivity contribution in [2.75, 3.05) is 0 Å². The first-order chi connectivity index (χ1) is 11.6. The zero-order valence-corrected chi connectivity index (χ0v) is 12.4. The summed E-state index contributed by atoms with van der Waals surface area (Å²) in [6.45, 7) is 0. The fourth-order valence-electron chi connectivity index (χ4n) is 1.99. The van der Waals surface area contributed by atoms with Gasteiger partial charge in [0.25, 0.3) is 5.91 Å². The van der Waals surface area contributed by atoms with E-state index in [0.29, 0.717) is 5.56 Å². The van der Waals surface area contributed by atoms with Gasteiger partial charge in [0.15, 0.2) is 5.69 Å². The second-order valence-electron chi connectivity index (χ2n) is 4.79. The molecule has 1 heterocycles. The Bertz CT molecular complexity index is 888. The van der Waals surface area contributed by atoms with Crippen LogP contribution in [0.4, 0.5) is 0 Å². The lowest BCUT2D eigenvalue weighted by Crippen LogP contribution is -2.17. The average Bonchev–Trinajstić information content (AvgIpc) is 2.97. The van der Waals surface area contributed by atoms with E-state index in [-0.39, 0.29) is 22.9 Å². The summed E-state index contributed by atoms with van der Waals surface area (Å²) >= 11 is 0. The number of aromatic hydroxyl groups is 2. The number of para-hydroxylation sites is 1. The molecule has 3 rings (SSSR count). The van der Waals surface area contributed by atoms with Crippen molar-refractivity contribution in [3.05, 3.63) is 65.9 Å². The molecule has 3 aromatic rings. The molecular formula is C17H13N3O4. The van der Waals surface area contributed by atoms with Crippen molar-refractivity contribution in [1.82, 2.24) is 10.4 Å². The van der Waals surface area contributed by atoms with Crippen LogP contribution >= 0.6 is 0 Å². The van der Waals surface area contributed by atoms with Crippen molar-refractivity contribution in [2.45, 2.75) is 0 Å². The van der Waals surface area contributed by atoms with Gasteiger partial charge in [-0.15, -0.1) is 0 Å². The summed E-state index contributed by atoms with van der Waals surface area (Å²) < 4.78 is 5.16. The van der Waals surface area contributed by atoms with Gasteiger partial charge in [-0.1, -0.05) is 30.3 Å². The van der Waals surface area contributed by atoms with Gasteiger partial charge in [0, 0.05) is 5.56 Å². The standard InChI is InChI=1S/C17H13N3O4/c21-14-9-5-4-8-12(14)15(22)20-18-10-13-17(23)24-16(19-13)11-6-2-1-3-7-11/h1-10,21,23H,(H,20,22)/b18-10-. The summed E-state index contributed by atoms with van der Waals surface area (Å²) in [5.41, 5.74) is 3.10. The Labute approximate surface area is 136 Å². The number of phenols is 1. The summed E-state index contributed by atoms with van der Waals surface area (Å²) in [7, 11) is 0. The topological polar surface area (TPSA) is 108 Å². The Balaban J connectivity index is 1.72. The molecule has 7 nitrogen and oxygen atoms in total. The van der Waals surface area contributed by atoms with Crippen LogP contribution in [0.25, 0.3) is 11.5 Å². The molecule has 0 fully saturated rings. The first kappa shape index (κ1) is 15.3. The van der Waals surface area contributed by atoms with Crippen molar-refractivity contribution in [2.24, 2.45) is 5.10 Å². The molecule has 0 aliphatic rings. The van der Waals surface area contributed by atoms with Gasteiger partial charge in [0.1, 0.15) is 5.75 Å². The van der Waals surface area contributed by atoms with E-state index in [4.69, 9.17) is 4.42 Å². The fourth-order valence-corrected chi connectivity index (χ4v) is 1.99. The highest BCUT2D eigenvalue weighted by Crippen LogP contribution is 2.25. The van der Waals surface area contributed by atoms with E-state index in [2.05, 4.69) is 15.5 Å². The number of oxazole rings is 1. The van der Waals surface area contributed by atoms with Gasteiger partial charge in [-0.3, -0.25) is 4.79 Å². The summed E-state index contributed by atoms with van der Waals surface area (Å²) in [4.78, 5) is 16.0. The zero-order chi connectivity index (χ0) is 16.9. The molecule has 0 unspecified atom stereocenters. The van der Waals surface area contributed by atoms with E-state index < -0.39 is 11.9 Å². The van der Waals surface area contributed by atoms with E-state index in [1.165, 1.54) is 12.1 Å². The van der Waals surface area contributed by atoms with Gasteiger partial charge >= 0.3 is 5.95 Å². The number of hydrogen-bond donors (Lipinski definition) is 3. The molecule has 2 aromatic carbocycles. The minimum absolute atomic E-state index is 0.0754. The second-order valence-corrected chi connectivity index (χ2v) is 4.79. The Kier molecular flexibility index (Phi) is 4.24. The van der Waals surface area contributed by atoms with Crippen LogP contribution in [0.3, 0.4) is 0 Å². The van der Waals surface area contributed by atoms with Gasteiger partial charge in [0.05, 0.1) is 11.8 Å². The summed E-state index contributed by atoms with van der Waals surface area (Å²) in [5, 5.41) is 23.0. The van der Waals surface area contributed by atoms with E-state index >= 15 is 0 Å². The van der Waals surface area contributed by atoms with Crippen molar-refractivity contribution in [1.29, 1.82) is 0 Å². The fraction of sp³-hybridized carbons (Fsp3) is 0. The van der Waals surface area contributed by atoms with E-state index in [1.807, 2.05) is 18.2 Å². The molecule has 0 radical (unpaired) electrons. The predicted molar refractivity (Wildman–Crippen MR) is 86.8 cm³/mol. The van der Waals surface area contributed by atoms with Crippen LogP contribution in [0.5, 0.6) is 11.7 Å². The molecule has 7 heteroatoms. The Morgan fingerprint density at radius 2 is 1.79 bits per heavy atom. The average molecular weight is 323 g/mol. The van der Waals surface area contributed by atoms with Crippen molar-refractivity contribution < 1.29 is 19.4 Å². The van der Waals surface area contributed by atoms with E-state index in [0.717, 1.165) is 6.21 Å². The van der Waals surface area contributed by atoms with E-state index in [9.17, 15) is 15.0 Å². The van der Waals surface area contributed by atoms with Crippen molar-refractivity contribution in [3.63, 3.8) is 0 Å². The van der Waals surface area contributed by atoms with Gasteiger partial charge in [-0.05, 0) is 24.3 Å². The Hall–Kier alpha value is -3.61. The molecule has 0 atom stereocenters. The largest absolute Gasteiger partial charge is 0.507 e. The monoisotopic (exact) mass is 323 g/mol. The lowest BCUT2D eigenvalue weighted by molar-refractivity contribution is 0.0952. The number of phenolic OH excluding ortho intramolecular Hbond substituents is 1.